The van der Waals surface area contributed by atoms with Gasteiger partial charge in [0.1, 0.15) is 5.82 Å². The van der Waals surface area contributed by atoms with Crippen LogP contribution in [0.3, 0.4) is 0 Å². The Labute approximate surface area is 125 Å². The van der Waals surface area contributed by atoms with Crippen LogP contribution in [0.2, 0.25) is 0 Å². The molecule has 0 saturated carbocycles. The predicted octanol–water partition coefficient (Wildman–Crippen LogP) is 2.38. The summed E-state index contributed by atoms with van der Waals surface area (Å²) < 4.78 is 12.7. The lowest BCUT2D eigenvalue weighted by molar-refractivity contribution is -0.119. The molecule has 0 fully saturated rings. The number of amides is 2. The van der Waals surface area contributed by atoms with Crippen molar-refractivity contribution in [2.45, 2.75) is 4.90 Å². The maximum Gasteiger partial charge on any atom is 0.269 e. The average molecular weight is 304 g/mol. The van der Waals surface area contributed by atoms with Crippen molar-refractivity contribution >= 4 is 23.6 Å². The molecule has 0 radical (unpaired) electrons. The third-order valence-corrected chi connectivity index (χ3v) is 3.55. The number of nitrogens with one attached hydrogen (secondary N) is 2. The number of rotatable bonds is 4. The van der Waals surface area contributed by atoms with Crippen LogP contribution in [0.15, 0.2) is 59.5 Å². The highest BCUT2D eigenvalue weighted by Gasteiger charge is 2.07. The summed E-state index contributed by atoms with van der Waals surface area (Å²) in [5, 5.41) is 0. The SMILES string of the molecule is O=C(CSc1ccccc1)NNC(=O)c1ccc(F)cc1. The molecule has 2 aromatic rings. The number of carbonyl (C=O) groups is 2. The highest BCUT2D eigenvalue weighted by molar-refractivity contribution is 8.00. The fourth-order valence-electron chi connectivity index (χ4n) is 1.50. The van der Waals surface area contributed by atoms with Crippen LogP contribution >= 0.6 is 11.8 Å². The van der Waals surface area contributed by atoms with E-state index in [-0.39, 0.29) is 17.2 Å². The second kappa shape index (κ2) is 7.44. The minimum Gasteiger partial charge on any atom is -0.272 e. The van der Waals surface area contributed by atoms with Crippen molar-refractivity contribution in [3.63, 3.8) is 0 Å². The zero-order valence-corrected chi connectivity index (χ0v) is 11.8. The Morgan fingerprint density at radius 3 is 2.29 bits per heavy atom. The van der Waals surface area contributed by atoms with Crippen molar-refractivity contribution in [3.8, 4) is 0 Å². The van der Waals surface area contributed by atoms with Crippen LogP contribution in [-0.4, -0.2) is 17.6 Å². The molecule has 6 heteroatoms. The summed E-state index contributed by atoms with van der Waals surface area (Å²) in [5.74, 6) is -1.05. The summed E-state index contributed by atoms with van der Waals surface area (Å²) in [6.07, 6.45) is 0. The van der Waals surface area contributed by atoms with Gasteiger partial charge in [-0.2, -0.15) is 0 Å². The number of hydrogen-bond donors (Lipinski definition) is 2. The average Bonchev–Trinajstić information content (AvgIpc) is 2.52. The maximum absolute atomic E-state index is 12.7. The minimum absolute atomic E-state index is 0.188. The Hall–Kier alpha value is -2.34. The number of benzene rings is 2. The van der Waals surface area contributed by atoms with Crippen molar-refractivity contribution in [3.05, 3.63) is 66.0 Å². The lowest BCUT2D eigenvalue weighted by Gasteiger charge is -2.07. The van der Waals surface area contributed by atoms with E-state index in [0.29, 0.717) is 0 Å². The maximum atomic E-state index is 12.7. The molecule has 0 saturated heterocycles. The molecule has 108 valence electrons. The Balaban J connectivity index is 1.76. The van der Waals surface area contributed by atoms with Gasteiger partial charge in [0.05, 0.1) is 5.75 Å². The van der Waals surface area contributed by atoms with Gasteiger partial charge in [-0.25, -0.2) is 4.39 Å². The molecule has 2 N–H and O–H groups in total. The van der Waals surface area contributed by atoms with Crippen molar-refractivity contribution in [1.29, 1.82) is 0 Å². The van der Waals surface area contributed by atoms with Gasteiger partial charge in [-0.1, -0.05) is 18.2 Å². The first kappa shape index (κ1) is 15.1. The highest BCUT2D eigenvalue weighted by Crippen LogP contribution is 2.15. The van der Waals surface area contributed by atoms with Gasteiger partial charge in [-0.3, -0.25) is 20.4 Å². The van der Waals surface area contributed by atoms with E-state index in [1.54, 1.807) is 0 Å². The molecule has 0 aromatic heterocycles. The first-order valence-electron chi connectivity index (χ1n) is 6.18. The Morgan fingerprint density at radius 1 is 0.952 bits per heavy atom. The lowest BCUT2D eigenvalue weighted by Crippen LogP contribution is -2.42. The quantitative estimate of drug-likeness (QED) is 0.673. The molecule has 2 rings (SSSR count). The number of carbonyl (C=O) groups excluding carboxylic acids is 2. The largest absolute Gasteiger partial charge is 0.272 e. The molecule has 2 amide bonds. The van der Waals surface area contributed by atoms with E-state index in [1.165, 1.54) is 36.0 Å². The normalized spacial score (nSPS) is 9.95. The van der Waals surface area contributed by atoms with Crippen LogP contribution < -0.4 is 10.9 Å². The van der Waals surface area contributed by atoms with E-state index >= 15 is 0 Å². The van der Waals surface area contributed by atoms with Crippen molar-refractivity contribution < 1.29 is 14.0 Å². The van der Waals surface area contributed by atoms with Gasteiger partial charge in [0, 0.05) is 10.5 Å². The van der Waals surface area contributed by atoms with Crippen LogP contribution in [-0.2, 0) is 4.79 Å². The second-order valence-corrected chi connectivity index (χ2v) is 5.16. The third-order valence-electron chi connectivity index (χ3n) is 2.53. The zero-order valence-electron chi connectivity index (χ0n) is 11.0. The molecular weight excluding hydrogens is 291 g/mol. The molecule has 0 aliphatic heterocycles. The topological polar surface area (TPSA) is 58.2 Å². The lowest BCUT2D eigenvalue weighted by atomic mass is 10.2. The van der Waals surface area contributed by atoms with Crippen LogP contribution in [0.25, 0.3) is 0 Å². The number of hydrazine groups is 1. The Kier molecular flexibility index (Phi) is 5.34. The van der Waals surface area contributed by atoms with Gasteiger partial charge in [-0.05, 0) is 36.4 Å². The zero-order chi connectivity index (χ0) is 15.1. The molecule has 4 nitrogen and oxygen atoms in total. The van der Waals surface area contributed by atoms with E-state index in [9.17, 15) is 14.0 Å². The molecule has 0 atom stereocenters. The van der Waals surface area contributed by atoms with Crippen LogP contribution in [0, 0.1) is 5.82 Å². The Morgan fingerprint density at radius 2 is 1.62 bits per heavy atom. The van der Waals surface area contributed by atoms with E-state index in [0.717, 1.165) is 4.90 Å². The molecule has 0 aliphatic carbocycles. The van der Waals surface area contributed by atoms with Crippen LogP contribution in [0.4, 0.5) is 4.39 Å². The van der Waals surface area contributed by atoms with E-state index in [1.807, 2.05) is 30.3 Å². The molecule has 0 bridgehead atoms. The first-order valence-corrected chi connectivity index (χ1v) is 7.16. The summed E-state index contributed by atoms with van der Waals surface area (Å²) in [7, 11) is 0. The third kappa shape index (κ3) is 4.92. The molecule has 21 heavy (non-hydrogen) atoms. The highest BCUT2D eigenvalue weighted by atomic mass is 32.2. The van der Waals surface area contributed by atoms with Gasteiger partial charge >= 0.3 is 0 Å². The fraction of sp³-hybridized carbons (Fsp3) is 0.0667. The van der Waals surface area contributed by atoms with E-state index in [4.69, 9.17) is 0 Å². The second-order valence-electron chi connectivity index (χ2n) is 4.11. The molecule has 0 unspecified atom stereocenters. The standard InChI is InChI=1S/C15H13FN2O2S/c16-12-8-6-11(7-9-12)15(20)18-17-14(19)10-21-13-4-2-1-3-5-13/h1-9H,10H2,(H,17,19)(H,18,20). The van der Waals surface area contributed by atoms with Crippen LogP contribution in [0.1, 0.15) is 10.4 Å². The fourth-order valence-corrected chi connectivity index (χ4v) is 2.22. The van der Waals surface area contributed by atoms with Crippen molar-refractivity contribution in [2.75, 3.05) is 5.75 Å². The summed E-state index contributed by atoms with van der Waals surface area (Å²) >= 11 is 1.37. The minimum atomic E-state index is -0.493. The van der Waals surface area contributed by atoms with Crippen molar-refractivity contribution in [2.24, 2.45) is 0 Å². The number of thioether (sulfide) groups is 1. The molecule has 0 aliphatic rings. The van der Waals surface area contributed by atoms with Gasteiger partial charge in [0.25, 0.3) is 5.91 Å². The van der Waals surface area contributed by atoms with Gasteiger partial charge < -0.3 is 0 Å². The number of halogens is 1. The molecular formula is C15H13FN2O2S. The molecule has 2 aromatic carbocycles. The first-order chi connectivity index (χ1) is 10.1. The van der Waals surface area contributed by atoms with Gasteiger partial charge in [0.15, 0.2) is 0 Å². The molecule has 0 spiro atoms. The predicted molar refractivity (Wildman–Crippen MR) is 79.2 cm³/mol. The summed E-state index contributed by atoms with van der Waals surface area (Å²) in [4.78, 5) is 24.2. The van der Waals surface area contributed by atoms with Crippen LogP contribution in [0.5, 0.6) is 0 Å². The smallest absolute Gasteiger partial charge is 0.269 e. The van der Waals surface area contributed by atoms with Crippen molar-refractivity contribution in [1.82, 2.24) is 10.9 Å². The summed E-state index contributed by atoms with van der Waals surface area (Å²) in [6, 6.07) is 14.5. The van der Waals surface area contributed by atoms with E-state index in [2.05, 4.69) is 10.9 Å². The summed E-state index contributed by atoms with van der Waals surface area (Å²) in [5.41, 5.74) is 4.86. The summed E-state index contributed by atoms with van der Waals surface area (Å²) in [6.45, 7) is 0. The van der Waals surface area contributed by atoms with Gasteiger partial charge in [0.2, 0.25) is 5.91 Å². The Bertz CT molecular complexity index is 617. The monoisotopic (exact) mass is 304 g/mol. The molecule has 0 heterocycles. The number of hydrogen-bond acceptors (Lipinski definition) is 3. The van der Waals surface area contributed by atoms with E-state index < -0.39 is 11.7 Å². The van der Waals surface area contributed by atoms with Gasteiger partial charge in [-0.15, -0.1) is 11.8 Å².